The van der Waals surface area contributed by atoms with Crippen LogP contribution in [0.15, 0.2) is 0 Å². The summed E-state index contributed by atoms with van der Waals surface area (Å²) >= 11 is 8.24. The number of rotatable bonds is 0. The van der Waals surface area contributed by atoms with E-state index in [-0.39, 0.29) is 14.9 Å². The van der Waals surface area contributed by atoms with Crippen LogP contribution < -0.4 is 0 Å². The summed E-state index contributed by atoms with van der Waals surface area (Å²) in [6.07, 6.45) is 0. The molecule has 2 nitrogen and oxygen atoms in total. The second-order valence-electron chi connectivity index (χ2n) is 0. The van der Waals surface area contributed by atoms with Crippen LogP contribution in [0.1, 0.15) is 0 Å². The zero-order chi connectivity index (χ0) is 8.00. The second kappa shape index (κ2) is 257. The Morgan fingerprint density at radius 2 is 0.700 bits per heavy atom. The zero-order valence-electron chi connectivity index (χ0n) is 5.39. The normalized spacial score (nSPS) is 2.00. The Labute approximate surface area is 106 Å². The summed E-state index contributed by atoms with van der Waals surface area (Å²) in [5.74, 6) is 0. The monoisotopic (exact) mass is 728 g/mol. The third-order valence-electron chi connectivity index (χ3n) is 0. The third kappa shape index (κ3) is 190. The van der Waals surface area contributed by atoms with Crippen molar-refractivity contribution in [1.82, 2.24) is 0 Å². The molecular formula is C4H8I2Ir2O2. The van der Waals surface area contributed by atoms with Gasteiger partial charge in [0.05, 0.1) is 0 Å². The van der Waals surface area contributed by atoms with E-state index in [1.807, 2.05) is 30.6 Å². The van der Waals surface area contributed by atoms with Gasteiger partial charge in [0.2, 0.25) is 0 Å². The zero-order valence-corrected chi connectivity index (χ0v) is 14.5. The van der Waals surface area contributed by atoms with Crippen molar-refractivity contribution in [2.45, 2.75) is 0 Å². The van der Waals surface area contributed by atoms with Crippen molar-refractivity contribution in [2.75, 3.05) is 0 Å². The molecule has 0 aromatic heterocycles. The van der Waals surface area contributed by atoms with E-state index >= 15 is 0 Å². The first-order valence-corrected chi connectivity index (χ1v) is 14.3. The number of halogens is 2. The van der Waals surface area contributed by atoms with Crippen molar-refractivity contribution in [3.05, 3.63) is 14.9 Å². The second-order valence-corrected chi connectivity index (χ2v) is 0. The Balaban J connectivity index is -0.00000000500. The van der Waals surface area contributed by atoms with Gasteiger partial charge in [-0.05, 0) is 0 Å². The standard InChI is InChI=1S/2CHO.2CH3.2HI.2Ir/c2*1-2;;;;;;/h2*1H;2*1H3;2*1H;;/q4*-1;;;2*+3/p-2. The summed E-state index contributed by atoms with van der Waals surface area (Å²) in [5, 5.41) is 0. The summed E-state index contributed by atoms with van der Waals surface area (Å²) in [6.45, 7) is 6.50. The first-order chi connectivity index (χ1) is 4.00. The van der Waals surface area contributed by atoms with E-state index in [4.69, 9.17) is 9.59 Å². The molecule has 0 spiro atoms. The quantitative estimate of drug-likeness (QED) is 0.218. The first kappa shape index (κ1) is 40.1. The van der Waals surface area contributed by atoms with Gasteiger partial charge in [0.1, 0.15) is 0 Å². The van der Waals surface area contributed by atoms with Gasteiger partial charge in [-0.3, -0.25) is 13.6 Å². The van der Waals surface area contributed by atoms with Crippen molar-refractivity contribution < 1.29 is 40.2 Å². The van der Waals surface area contributed by atoms with Gasteiger partial charge in [0.15, 0.2) is 0 Å². The van der Waals surface area contributed by atoms with Gasteiger partial charge < -0.3 is 24.4 Å². The van der Waals surface area contributed by atoms with Crippen LogP contribution in [-0.4, -0.2) is 13.6 Å². The van der Waals surface area contributed by atoms with E-state index in [1.165, 1.54) is 0 Å². The average molecular weight is 726 g/mol. The number of carbonyl (C=O) groups excluding carboxylic acids is 2. The summed E-state index contributed by atoms with van der Waals surface area (Å²) in [6, 6.07) is 0. The molecule has 0 heterocycles. The molecule has 0 bridgehead atoms. The predicted molar refractivity (Wildman–Crippen MR) is 54.4 cm³/mol. The average Bonchev–Trinajstić information content (AvgIpc) is 2.03. The fourth-order valence-electron chi connectivity index (χ4n) is 0. The van der Waals surface area contributed by atoms with Gasteiger partial charge in [0.25, 0.3) is 0 Å². The first-order valence-electron chi connectivity index (χ1n) is 0.723. The van der Waals surface area contributed by atoms with E-state index in [1.54, 1.807) is 0 Å². The molecule has 0 aliphatic rings. The maximum atomic E-state index is 7.75. The maximum absolute atomic E-state index is 7.75. The summed E-state index contributed by atoms with van der Waals surface area (Å²) < 4.78 is 0. The molecule has 0 aliphatic carbocycles. The van der Waals surface area contributed by atoms with Crippen molar-refractivity contribution in [3.8, 4) is 0 Å². The molecule has 0 aromatic rings. The van der Waals surface area contributed by atoms with Crippen LogP contribution in [0.2, 0.25) is 0 Å². The molecular weight excluding hydrogens is 718 g/mol. The fraction of sp³-hybridized carbons (Fsp3) is 0. The molecule has 0 N–H and O–H groups in total. The van der Waals surface area contributed by atoms with Crippen molar-refractivity contribution in [1.29, 1.82) is 0 Å². The molecule has 0 unspecified atom stereocenters. The van der Waals surface area contributed by atoms with Crippen molar-refractivity contribution in [3.63, 3.8) is 0 Å². The van der Waals surface area contributed by atoms with Gasteiger partial charge in [-0.25, -0.2) is 0 Å². The Bertz CT molecular complexity index is 21.2. The SMILES string of the molecule is [CH-]=O.[CH-]=O.[CH3-].[CH3-].[I][Ir+2].[I][Ir+2]. The minimum absolute atomic E-state index is 0. The van der Waals surface area contributed by atoms with Crippen LogP contribution >= 0.6 is 39.2 Å². The van der Waals surface area contributed by atoms with E-state index in [9.17, 15) is 0 Å². The van der Waals surface area contributed by atoms with Gasteiger partial charge in [0, 0.05) is 0 Å². The molecule has 0 aromatic carbocycles. The molecule has 0 saturated heterocycles. The van der Waals surface area contributed by atoms with Crippen LogP contribution in [0.4, 0.5) is 0 Å². The molecule has 68 valence electrons. The van der Waals surface area contributed by atoms with Gasteiger partial charge in [-0.1, -0.05) is 0 Å². The van der Waals surface area contributed by atoms with Crippen LogP contribution in [0, 0.1) is 14.9 Å². The minimum atomic E-state index is 0. The van der Waals surface area contributed by atoms with Crippen molar-refractivity contribution >= 4 is 52.8 Å². The third-order valence-corrected chi connectivity index (χ3v) is 0. The number of hydrogen-bond donors (Lipinski definition) is 0. The molecule has 6 heteroatoms. The van der Waals surface area contributed by atoms with Gasteiger partial charge >= 0.3 is 69.8 Å². The van der Waals surface area contributed by atoms with Gasteiger partial charge in [-0.2, -0.15) is 0 Å². The Morgan fingerprint density at radius 1 is 0.700 bits per heavy atom. The Kier molecular flexibility index (Phi) is 1030. The predicted octanol–water partition coefficient (Wildman–Crippen LogP) is 2.12. The molecule has 0 rings (SSSR count). The summed E-state index contributed by atoms with van der Waals surface area (Å²) in [4.78, 5) is 15.5. The summed E-state index contributed by atoms with van der Waals surface area (Å²) in [5.41, 5.74) is 0. The molecule has 0 amide bonds. The van der Waals surface area contributed by atoms with Crippen molar-refractivity contribution in [2.24, 2.45) is 0 Å². The van der Waals surface area contributed by atoms with Crippen LogP contribution in [0.5, 0.6) is 0 Å². The van der Waals surface area contributed by atoms with E-state index in [0.29, 0.717) is 0 Å². The topological polar surface area (TPSA) is 34.1 Å². The van der Waals surface area contributed by atoms with E-state index in [2.05, 4.69) is 52.8 Å². The van der Waals surface area contributed by atoms with Crippen LogP contribution in [0.3, 0.4) is 0 Å². The van der Waals surface area contributed by atoms with Crippen LogP contribution in [-0.2, 0) is 40.2 Å². The molecule has 0 atom stereocenters. The molecule has 0 saturated carbocycles. The Morgan fingerprint density at radius 3 is 0.700 bits per heavy atom. The molecule has 10 heavy (non-hydrogen) atoms. The Hall–Kier alpha value is 2.10. The molecule has 0 radical (unpaired) electrons. The van der Waals surface area contributed by atoms with Crippen LogP contribution in [0.25, 0.3) is 0 Å². The van der Waals surface area contributed by atoms with Gasteiger partial charge in [-0.15, -0.1) is 0 Å². The van der Waals surface area contributed by atoms with E-state index in [0.717, 1.165) is 0 Å². The number of hydrogen-bond acceptors (Lipinski definition) is 2. The summed E-state index contributed by atoms with van der Waals surface area (Å²) in [7, 11) is 0. The van der Waals surface area contributed by atoms with E-state index < -0.39 is 0 Å². The molecule has 0 aliphatic heterocycles. The fourth-order valence-corrected chi connectivity index (χ4v) is 0. The molecule has 0 fully saturated rings.